The zero-order chi connectivity index (χ0) is 28.3. The fraction of sp³-hybridized carbons (Fsp3) is 0.289. The summed E-state index contributed by atoms with van der Waals surface area (Å²) in [6.07, 6.45) is 6.15. The van der Waals surface area contributed by atoms with Crippen molar-refractivity contribution in [2.75, 3.05) is 0 Å². The SMILES string of the molecule is C[C@@H]1C[C@@H]2C[C@H](C)CC(c3nc(-c4ccccc4)nc(-c4ccccc4-n4c5ccccc5c5ccccc54)n3)(C1)C2. The first-order chi connectivity index (χ1) is 20.6. The van der Waals surface area contributed by atoms with E-state index in [2.05, 4.69) is 122 Å². The van der Waals surface area contributed by atoms with Crippen LogP contribution in [-0.4, -0.2) is 19.5 Å². The van der Waals surface area contributed by atoms with Crippen molar-refractivity contribution >= 4 is 21.8 Å². The molecule has 2 bridgehead atoms. The molecule has 4 atom stereocenters. The molecule has 2 saturated carbocycles. The van der Waals surface area contributed by atoms with E-state index in [1.807, 2.05) is 0 Å². The summed E-state index contributed by atoms with van der Waals surface area (Å²) in [5.41, 5.74) is 5.54. The molecule has 0 spiro atoms. The Hall–Kier alpha value is -4.31. The van der Waals surface area contributed by atoms with Crippen molar-refractivity contribution in [1.29, 1.82) is 0 Å². The molecule has 4 nitrogen and oxygen atoms in total. The molecule has 208 valence electrons. The van der Waals surface area contributed by atoms with Crippen LogP contribution in [0.25, 0.3) is 50.3 Å². The highest BCUT2D eigenvalue weighted by Crippen LogP contribution is 2.53. The number of rotatable bonds is 4. The molecule has 2 fully saturated rings. The van der Waals surface area contributed by atoms with Gasteiger partial charge < -0.3 is 4.57 Å². The standard InChI is InChI=1S/C38H36N4/c1-25-20-27-21-26(2)23-38(22-25,24-27)37-40-35(28-12-4-3-5-13-28)39-36(41-37)31-16-8-11-19-34(31)42-32-17-9-6-14-29(32)30-15-7-10-18-33(30)42/h3-19,25-27H,20-24H2,1-2H3/t25-,26+,27-,38?. The van der Waals surface area contributed by atoms with Crippen molar-refractivity contribution in [2.24, 2.45) is 17.8 Å². The molecule has 4 heteroatoms. The molecule has 0 amide bonds. The van der Waals surface area contributed by atoms with Gasteiger partial charge in [-0.1, -0.05) is 92.7 Å². The average Bonchev–Trinajstić information content (AvgIpc) is 3.35. The maximum atomic E-state index is 5.43. The summed E-state index contributed by atoms with van der Waals surface area (Å²) in [5.74, 6) is 4.64. The first-order valence-electron chi connectivity index (χ1n) is 15.5. The highest BCUT2D eigenvalue weighted by molar-refractivity contribution is 6.09. The zero-order valence-corrected chi connectivity index (χ0v) is 24.4. The summed E-state index contributed by atoms with van der Waals surface area (Å²) in [5, 5.41) is 2.50. The van der Waals surface area contributed by atoms with Crippen LogP contribution < -0.4 is 0 Å². The molecule has 0 saturated heterocycles. The third kappa shape index (κ3) is 4.15. The topological polar surface area (TPSA) is 43.6 Å². The molecule has 0 N–H and O–H groups in total. The van der Waals surface area contributed by atoms with Crippen molar-refractivity contribution in [3.8, 4) is 28.5 Å². The van der Waals surface area contributed by atoms with Gasteiger partial charge in [0.2, 0.25) is 0 Å². The molecule has 6 aromatic rings. The third-order valence-electron chi connectivity index (χ3n) is 9.74. The lowest BCUT2D eigenvalue weighted by molar-refractivity contribution is 0.0720. The second kappa shape index (κ2) is 9.90. The smallest absolute Gasteiger partial charge is 0.165 e. The summed E-state index contributed by atoms with van der Waals surface area (Å²) < 4.78 is 2.38. The van der Waals surface area contributed by atoms with Gasteiger partial charge in [-0.05, 0) is 74.1 Å². The van der Waals surface area contributed by atoms with E-state index < -0.39 is 0 Å². The van der Waals surface area contributed by atoms with E-state index in [0.29, 0.717) is 11.8 Å². The van der Waals surface area contributed by atoms with E-state index in [9.17, 15) is 0 Å². The summed E-state index contributed by atoms with van der Waals surface area (Å²) in [6, 6.07) is 36.4. The summed E-state index contributed by atoms with van der Waals surface area (Å²) in [7, 11) is 0. The van der Waals surface area contributed by atoms with Gasteiger partial charge >= 0.3 is 0 Å². The molecule has 2 aromatic heterocycles. The van der Waals surface area contributed by atoms with Crippen LogP contribution in [0.4, 0.5) is 0 Å². The second-order valence-electron chi connectivity index (χ2n) is 13.0. The average molecular weight is 549 g/mol. The minimum absolute atomic E-state index is 0.00298. The Morgan fingerprint density at radius 3 is 1.86 bits per heavy atom. The molecule has 1 unspecified atom stereocenters. The highest BCUT2D eigenvalue weighted by Gasteiger charge is 2.47. The number of benzene rings is 4. The normalized spacial score (nSPS) is 23.8. The van der Waals surface area contributed by atoms with Crippen LogP contribution in [0.3, 0.4) is 0 Å². The molecular weight excluding hydrogens is 512 g/mol. The van der Waals surface area contributed by atoms with Gasteiger partial charge in [0.25, 0.3) is 0 Å². The number of hydrogen-bond acceptors (Lipinski definition) is 3. The zero-order valence-electron chi connectivity index (χ0n) is 24.4. The Morgan fingerprint density at radius 2 is 1.17 bits per heavy atom. The predicted molar refractivity (Wildman–Crippen MR) is 172 cm³/mol. The predicted octanol–water partition coefficient (Wildman–Crippen LogP) is 9.41. The first kappa shape index (κ1) is 25.4. The van der Waals surface area contributed by atoms with E-state index in [1.165, 1.54) is 41.1 Å². The summed E-state index contributed by atoms with van der Waals surface area (Å²) in [4.78, 5) is 15.9. The molecule has 2 aliphatic rings. The van der Waals surface area contributed by atoms with E-state index in [4.69, 9.17) is 15.0 Å². The molecule has 42 heavy (non-hydrogen) atoms. The van der Waals surface area contributed by atoms with E-state index in [1.54, 1.807) is 0 Å². The van der Waals surface area contributed by atoms with Gasteiger partial charge in [-0.2, -0.15) is 0 Å². The number of aromatic nitrogens is 4. The summed E-state index contributed by atoms with van der Waals surface area (Å²) >= 11 is 0. The van der Waals surface area contributed by atoms with E-state index in [0.717, 1.165) is 53.0 Å². The van der Waals surface area contributed by atoms with Crippen molar-refractivity contribution in [1.82, 2.24) is 19.5 Å². The van der Waals surface area contributed by atoms with Gasteiger partial charge in [-0.15, -0.1) is 0 Å². The number of hydrogen-bond donors (Lipinski definition) is 0. The second-order valence-corrected chi connectivity index (χ2v) is 13.0. The van der Waals surface area contributed by atoms with Gasteiger partial charge in [0, 0.05) is 27.3 Å². The lowest BCUT2D eigenvalue weighted by Crippen LogP contribution is -2.43. The fourth-order valence-corrected chi connectivity index (χ4v) is 8.47. The molecule has 4 aromatic carbocycles. The van der Waals surface area contributed by atoms with Crippen LogP contribution in [0.5, 0.6) is 0 Å². The van der Waals surface area contributed by atoms with E-state index in [-0.39, 0.29) is 5.41 Å². The quantitative estimate of drug-likeness (QED) is 0.220. The van der Waals surface area contributed by atoms with Crippen LogP contribution in [0, 0.1) is 17.8 Å². The molecule has 0 radical (unpaired) electrons. The van der Waals surface area contributed by atoms with Gasteiger partial charge in [-0.3, -0.25) is 0 Å². The van der Waals surface area contributed by atoms with Crippen molar-refractivity contribution in [3.05, 3.63) is 109 Å². The van der Waals surface area contributed by atoms with Crippen molar-refractivity contribution in [2.45, 2.75) is 51.4 Å². The van der Waals surface area contributed by atoms with Gasteiger partial charge in [-0.25, -0.2) is 15.0 Å². The van der Waals surface area contributed by atoms with Crippen LogP contribution >= 0.6 is 0 Å². The Labute approximate surface area is 247 Å². The Kier molecular flexibility index (Phi) is 5.99. The third-order valence-corrected chi connectivity index (χ3v) is 9.74. The van der Waals surface area contributed by atoms with Gasteiger partial charge in [0.1, 0.15) is 5.82 Å². The van der Waals surface area contributed by atoms with Crippen LogP contribution in [-0.2, 0) is 5.41 Å². The van der Waals surface area contributed by atoms with Crippen molar-refractivity contribution < 1.29 is 0 Å². The Bertz CT molecular complexity index is 1850. The highest BCUT2D eigenvalue weighted by atomic mass is 15.1. The largest absolute Gasteiger partial charge is 0.309 e. The monoisotopic (exact) mass is 548 g/mol. The first-order valence-corrected chi connectivity index (χ1v) is 15.5. The molecule has 2 heterocycles. The number of fused-ring (bicyclic) bond motifs is 5. The summed E-state index contributed by atoms with van der Waals surface area (Å²) in [6.45, 7) is 4.85. The lowest BCUT2D eigenvalue weighted by atomic mass is 9.56. The number of para-hydroxylation sites is 3. The minimum Gasteiger partial charge on any atom is -0.309 e. The molecular formula is C38H36N4. The maximum Gasteiger partial charge on any atom is 0.165 e. The molecule has 2 aliphatic carbocycles. The lowest BCUT2D eigenvalue weighted by Gasteiger charge is -2.49. The Morgan fingerprint density at radius 1 is 0.595 bits per heavy atom. The molecule has 0 aliphatic heterocycles. The van der Waals surface area contributed by atoms with Crippen LogP contribution in [0.2, 0.25) is 0 Å². The fourth-order valence-electron chi connectivity index (χ4n) is 8.47. The van der Waals surface area contributed by atoms with Crippen LogP contribution in [0.15, 0.2) is 103 Å². The van der Waals surface area contributed by atoms with Crippen LogP contribution in [0.1, 0.15) is 51.8 Å². The van der Waals surface area contributed by atoms with Gasteiger partial charge in [0.15, 0.2) is 11.6 Å². The maximum absolute atomic E-state index is 5.43. The van der Waals surface area contributed by atoms with Gasteiger partial charge in [0.05, 0.1) is 16.7 Å². The Balaban J connectivity index is 1.38. The van der Waals surface area contributed by atoms with E-state index >= 15 is 0 Å². The van der Waals surface area contributed by atoms with Crippen molar-refractivity contribution in [3.63, 3.8) is 0 Å². The number of nitrogens with zero attached hydrogens (tertiary/aromatic N) is 4. The molecule has 8 rings (SSSR count). The minimum atomic E-state index is 0.00298.